The van der Waals surface area contributed by atoms with Gasteiger partial charge in [0, 0.05) is 29.6 Å². The largest absolute Gasteiger partial charge is 0.307 e. The maximum absolute atomic E-state index is 14.7. The molecule has 4 saturated carbocycles. The molecule has 0 bridgehead atoms. The maximum Gasteiger partial charge on any atom is 0.226 e. The van der Waals surface area contributed by atoms with Crippen LogP contribution in [0.1, 0.15) is 145 Å². The van der Waals surface area contributed by atoms with Gasteiger partial charge in [-0.3, -0.25) is 9.59 Å². The highest BCUT2D eigenvalue weighted by Gasteiger charge is 2.69. The number of Topliss-reactive ketones (excluding diaryl/α,β-unsaturated/α-hetero) is 2. The van der Waals surface area contributed by atoms with Crippen molar-refractivity contribution >= 4 is 17.3 Å². The van der Waals surface area contributed by atoms with E-state index in [-0.39, 0.29) is 50.8 Å². The van der Waals surface area contributed by atoms with E-state index in [4.69, 9.17) is 6.57 Å². The first kappa shape index (κ1) is 31.9. The fourth-order valence-electron chi connectivity index (χ4n) is 12.3. The van der Waals surface area contributed by atoms with Crippen LogP contribution < -0.4 is 0 Å². The van der Waals surface area contributed by atoms with E-state index in [1.54, 1.807) is 0 Å². The molecule has 6 rings (SSSR count). The second-order valence-electron chi connectivity index (χ2n) is 18.3. The highest BCUT2D eigenvalue weighted by Crippen LogP contribution is 2.75. The van der Waals surface area contributed by atoms with Gasteiger partial charge in [-0.15, -0.1) is 0 Å². The van der Waals surface area contributed by atoms with E-state index >= 15 is 0 Å². The zero-order valence-corrected chi connectivity index (χ0v) is 28.7. The summed E-state index contributed by atoms with van der Waals surface area (Å²) in [5, 5.41) is 0. The van der Waals surface area contributed by atoms with Crippen LogP contribution in [0.25, 0.3) is 4.85 Å². The van der Waals surface area contributed by atoms with Crippen LogP contribution in [0.4, 0.5) is 0 Å². The Morgan fingerprint density at radius 2 is 1.59 bits per heavy atom. The molecule has 7 atom stereocenters. The smallest absolute Gasteiger partial charge is 0.226 e. The molecule has 240 valence electrons. The lowest BCUT2D eigenvalue weighted by atomic mass is 9.34. The monoisotopic (exact) mass is 599 g/mol. The number of hydrogen-bond donors (Lipinski definition) is 0. The molecule has 4 fully saturated rings. The van der Waals surface area contributed by atoms with Crippen molar-refractivity contribution < 1.29 is 14.4 Å². The van der Waals surface area contributed by atoms with Gasteiger partial charge < -0.3 is 4.79 Å². The molecule has 0 aromatic rings. The lowest BCUT2D eigenvalue weighted by Crippen LogP contribution is -2.64. The zero-order valence-electron chi connectivity index (χ0n) is 28.7. The fourth-order valence-corrected chi connectivity index (χ4v) is 12.3. The molecular weight excluding hydrogens is 542 g/mol. The summed E-state index contributed by atoms with van der Waals surface area (Å²) in [4.78, 5) is 45.2. The van der Waals surface area contributed by atoms with Gasteiger partial charge in [0.05, 0.1) is 6.57 Å². The minimum atomic E-state index is -0.633. The lowest BCUT2D eigenvalue weighted by molar-refractivity contribution is -0.172. The molecule has 0 N–H and O–H groups in total. The fraction of sp³-hybridized carbons (Fsp3) is 0.800. The molecule has 6 aliphatic carbocycles. The summed E-state index contributed by atoms with van der Waals surface area (Å²) in [6.07, 6.45) is 20.0. The number of rotatable bonds is 5. The first-order valence-corrected chi connectivity index (χ1v) is 18.0. The number of ketones is 3. The average Bonchev–Trinajstić information content (AvgIpc) is 2.96. The van der Waals surface area contributed by atoms with Crippen LogP contribution in [-0.4, -0.2) is 17.3 Å². The van der Waals surface area contributed by atoms with Gasteiger partial charge in [-0.2, -0.15) is 0 Å². The summed E-state index contributed by atoms with van der Waals surface area (Å²) >= 11 is 0. The van der Waals surface area contributed by atoms with Crippen molar-refractivity contribution in [2.45, 2.75) is 145 Å². The van der Waals surface area contributed by atoms with Gasteiger partial charge in [0.15, 0.2) is 11.6 Å². The molecule has 0 aliphatic heterocycles. The molecule has 0 aromatic carbocycles. The van der Waals surface area contributed by atoms with Gasteiger partial charge in [-0.05, 0) is 96.9 Å². The Kier molecular flexibility index (Phi) is 7.62. The Balaban J connectivity index is 1.36. The van der Waals surface area contributed by atoms with Crippen LogP contribution in [0.5, 0.6) is 0 Å². The first-order valence-electron chi connectivity index (χ1n) is 18.0. The predicted octanol–water partition coefficient (Wildman–Crippen LogP) is 9.88. The van der Waals surface area contributed by atoms with Gasteiger partial charge in [0.2, 0.25) is 5.70 Å². The summed E-state index contributed by atoms with van der Waals surface area (Å²) in [5.74, 6) is 1.59. The quantitative estimate of drug-likeness (QED) is 0.296. The highest BCUT2D eigenvalue weighted by atomic mass is 16.1. The van der Waals surface area contributed by atoms with Gasteiger partial charge in [-0.1, -0.05) is 92.2 Å². The summed E-state index contributed by atoms with van der Waals surface area (Å²) in [6, 6.07) is 0. The normalized spacial score (nSPS) is 42.9. The molecule has 0 heterocycles. The first-order chi connectivity index (χ1) is 20.5. The third-order valence-corrected chi connectivity index (χ3v) is 15.2. The van der Waals surface area contributed by atoms with Crippen LogP contribution in [0.3, 0.4) is 0 Å². The van der Waals surface area contributed by atoms with E-state index in [1.807, 2.05) is 26.0 Å². The van der Waals surface area contributed by atoms with Gasteiger partial charge in [0.1, 0.15) is 5.78 Å². The van der Waals surface area contributed by atoms with Crippen molar-refractivity contribution in [3.8, 4) is 0 Å². The highest BCUT2D eigenvalue weighted by molar-refractivity contribution is 6.03. The SMILES string of the molecule is [C-]#[N+]C1=C[C@]2(C)C3=CC(=O)[C@@H]4[C@@H]5CC(C)(C)CC[C@]5(CCC(=O)CC5CCCCC5)CC[C@@]4(C)[C@]3(C)CC[C@H]2C(C)(C)C1=O. The minimum absolute atomic E-state index is 0.0410. The molecule has 0 saturated heterocycles. The van der Waals surface area contributed by atoms with E-state index in [0.717, 1.165) is 51.4 Å². The molecule has 0 aromatic heterocycles. The second-order valence-corrected chi connectivity index (χ2v) is 18.3. The molecule has 0 unspecified atom stereocenters. The average molecular weight is 600 g/mol. The van der Waals surface area contributed by atoms with Crippen LogP contribution in [0.15, 0.2) is 23.4 Å². The molecule has 4 nitrogen and oxygen atoms in total. The van der Waals surface area contributed by atoms with Crippen LogP contribution >= 0.6 is 0 Å². The van der Waals surface area contributed by atoms with E-state index in [1.165, 1.54) is 44.1 Å². The molecular formula is C40H57NO3. The molecule has 0 spiro atoms. The number of carbonyl (C=O) groups is 3. The molecule has 4 heteroatoms. The van der Waals surface area contributed by atoms with E-state index in [0.29, 0.717) is 24.0 Å². The Bertz CT molecular complexity index is 1350. The van der Waals surface area contributed by atoms with Crippen molar-refractivity contribution in [3.05, 3.63) is 34.8 Å². The van der Waals surface area contributed by atoms with Gasteiger partial charge in [-0.25, -0.2) is 4.85 Å². The molecule has 0 radical (unpaired) electrons. The number of nitrogens with zero attached hydrogens (tertiary/aromatic N) is 1. The Morgan fingerprint density at radius 1 is 0.909 bits per heavy atom. The number of fused-ring (bicyclic) bond motifs is 7. The summed E-state index contributed by atoms with van der Waals surface area (Å²) in [7, 11) is 0. The van der Waals surface area contributed by atoms with Crippen molar-refractivity contribution in [1.82, 2.24) is 0 Å². The molecule has 44 heavy (non-hydrogen) atoms. The number of hydrogen-bond acceptors (Lipinski definition) is 3. The lowest BCUT2D eigenvalue weighted by Gasteiger charge is -2.69. The third kappa shape index (κ3) is 4.59. The maximum atomic E-state index is 14.7. The summed E-state index contributed by atoms with van der Waals surface area (Å²) in [6.45, 7) is 23.7. The Morgan fingerprint density at radius 3 is 2.27 bits per heavy atom. The topological polar surface area (TPSA) is 55.6 Å². The molecule has 0 amide bonds. The Hall–Kier alpha value is -2.02. The number of carbonyl (C=O) groups excluding carboxylic acids is 3. The Labute approximate surface area is 267 Å². The molecule has 6 aliphatic rings. The van der Waals surface area contributed by atoms with Crippen molar-refractivity contribution in [2.75, 3.05) is 0 Å². The van der Waals surface area contributed by atoms with Crippen molar-refractivity contribution in [1.29, 1.82) is 0 Å². The standard InChI is InChI=1S/C40H57NO3/c1-35(2)18-20-40(17-14-27(42)22-26-12-10-9-11-13-26)21-19-39(7)33(28(40)24-35)30(43)23-32-37(5)25-29(41-8)34(44)36(3,4)31(37)15-16-38(32,39)6/h23,25-26,28,31,33H,9-22,24H2,1-7H3/t28-,31-,33-,37-,38+,39+,40+/m0/s1. The van der Waals surface area contributed by atoms with Crippen molar-refractivity contribution in [2.24, 2.45) is 56.2 Å². The summed E-state index contributed by atoms with van der Waals surface area (Å²) < 4.78 is 0. The minimum Gasteiger partial charge on any atom is -0.307 e. The predicted molar refractivity (Wildman–Crippen MR) is 175 cm³/mol. The van der Waals surface area contributed by atoms with Crippen molar-refractivity contribution in [3.63, 3.8) is 0 Å². The van der Waals surface area contributed by atoms with Gasteiger partial charge in [0.25, 0.3) is 0 Å². The van der Waals surface area contributed by atoms with Crippen LogP contribution in [-0.2, 0) is 14.4 Å². The number of allylic oxidation sites excluding steroid dienone is 4. The van der Waals surface area contributed by atoms with E-state index in [9.17, 15) is 14.4 Å². The second kappa shape index (κ2) is 10.5. The van der Waals surface area contributed by atoms with E-state index in [2.05, 4.69) is 39.5 Å². The van der Waals surface area contributed by atoms with Crippen LogP contribution in [0.2, 0.25) is 0 Å². The van der Waals surface area contributed by atoms with E-state index < -0.39 is 10.8 Å². The zero-order chi connectivity index (χ0) is 31.9. The summed E-state index contributed by atoms with van der Waals surface area (Å²) in [5.41, 5.74) is 0.191. The third-order valence-electron chi connectivity index (χ3n) is 15.2. The van der Waals surface area contributed by atoms with Crippen LogP contribution in [0, 0.1) is 62.7 Å². The van der Waals surface area contributed by atoms with Gasteiger partial charge >= 0.3 is 0 Å².